The van der Waals surface area contributed by atoms with E-state index in [1.54, 1.807) is 11.3 Å². The Morgan fingerprint density at radius 3 is 2.88 bits per heavy atom. The van der Waals surface area contributed by atoms with Crippen LogP contribution < -0.4 is 10.6 Å². The van der Waals surface area contributed by atoms with Crippen molar-refractivity contribution in [3.8, 4) is 0 Å². The average molecular weight is 350 g/mol. The van der Waals surface area contributed by atoms with Crippen LogP contribution in [0.3, 0.4) is 0 Å². The lowest BCUT2D eigenvalue weighted by Crippen LogP contribution is -2.35. The fourth-order valence-corrected chi connectivity index (χ4v) is 4.39. The Morgan fingerprint density at radius 1 is 1.12 bits per heavy atom. The molecular formula is C18H18N6S. The molecule has 0 aliphatic carbocycles. The molecule has 5 rings (SSSR count). The molecule has 1 fully saturated rings. The molecule has 7 heteroatoms. The molecule has 2 aliphatic heterocycles. The Balaban J connectivity index is 1.60. The van der Waals surface area contributed by atoms with Crippen LogP contribution in [0.2, 0.25) is 0 Å². The zero-order valence-corrected chi connectivity index (χ0v) is 14.5. The SMILES string of the molecule is c1cc2c(s1)c(NC1CCNCC1)nc1cc(C3=NN=NC3)ccc12. The van der Waals surface area contributed by atoms with Gasteiger partial charge >= 0.3 is 0 Å². The highest BCUT2D eigenvalue weighted by atomic mass is 32.1. The third kappa shape index (κ3) is 2.69. The van der Waals surface area contributed by atoms with Crippen molar-refractivity contribution in [3.05, 3.63) is 35.2 Å². The maximum atomic E-state index is 4.96. The Morgan fingerprint density at radius 2 is 2.04 bits per heavy atom. The summed E-state index contributed by atoms with van der Waals surface area (Å²) in [7, 11) is 0. The molecule has 0 atom stereocenters. The quantitative estimate of drug-likeness (QED) is 0.755. The number of pyridine rings is 1. The van der Waals surface area contributed by atoms with Crippen LogP contribution >= 0.6 is 11.3 Å². The molecule has 1 saturated heterocycles. The number of hydrogen-bond acceptors (Lipinski definition) is 7. The van der Waals surface area contributed by atoms with E-state index in [1.165, 1.54) is 15.5 Å². The van der Waals surface area contributed by atoms with Gasteiger partial charge in [-0.2, -0.15) is 5.11 Å². The van der Waals surface area contributed by atoms with E-state index in [4.69, 9.17) is 4.98 Å². The summed E-state index contributed by atoms with van der Waals surface area (Å²) in [5, 5.41) is 23.5. The third-order valence-electron chi connectivity index (χ3n) is 4.86. The normalized spacial score (nSPS) is 18.2. The lowest BCUT2D eigenvalue weighted by atomic mass is 10.0. The fraction of sp³-hybridized carbons (Fsp3) is 0.333. The van der Waals surface area contributed by atoms with Gasteiger partial charge in [0.15, 0.2) is 0 Å². The molecular weight excluding hydrogens is 332 g/mol. The Bertz CT molecular complexity index is 999. The lowest BCUT2D eigenvalue weighted by molar-refractivity contribution is 0.478. The third-order valence-corrected chi connectivity index (χ3v) is 5.78. The molecule has 0 bridgehead atoms. The largest absolute Gasteiger partial charge is 0.366 e. The molecule has 4 heterocycles. The van der Waals surface area contributed by atoms with Crippen LogP contribution in [0.4, 0.5) is 5.82 Å². The van der Waals surface area contributed by atoms with Gasteiger partial charge in [0.05, 0.1) is 15.9 Å². The number of benzene rings is 1. The van der Waals surface area contributed by atoms with E-state index in [9.17, 15) is 0 Å². The van der Waals surface area contributed by atoms with E-state index in [0.717, 1.165) is 48.5 Å². The highest BCUT2D eigenvalue weighted by molar-refractivity contribution is 7.18. The maximum Gasteiger partial charge on any atom is 0.144 e. The van der Waals surface area contributed by atoms with E-state index in [-0.39, 0.29) is 0 Å². The molecule has 0 amide bonds. The molecule has 126 valence electrons. The van der Waals surface area contributed by atoms with Gasteiger partial charge in [-0.15, -0.1) is 16.4 Å². The molecule has 2 aliphatic rings. The first-order chi connectivity index (χ1) is 12.4. The molecule has 1 aromatic carbocycles. The molecule has 2 aromatic heterocycles. The van der Waals surface area contributed by atoms with Crippen LogP contribution in [0, 0.1) is 0 Å². The molecule has 2 N–H and O–H groups in total. The molecule has 0 saturated carbocycles. The smallest absolute Gasteiger partial charge is 0.144 e. The fourth-order valence-electron chi connectivity index (χ4n) is 3.53. The van der Waals surface area contributed by atoms with Crippen LogP contribution in [0.15, 0.2) is 45.1 Å². The summed E-state index contributed by atoms with van der Waals surface area (Å²) >= 11 is 1.75. The summed E-state index contributed by atoms with van der Waals surface area (Å²) in [4.78, 5) is 4.96. The summed E-state index contributed by atoms with van der Waals surface area (Å²) in [5.41, 5.74) is 2.95. The highest BCUT2D eigenvalue weighted by Crippen LogP contribution is 2.34. The summed E-state index contributed by atoms with van der Waals surface area (Å²) in [6.45, 7) is 2.68. The number of anilines is 1. The van der Waals surface area contributed by atoms with Crippen molar-refractivity contribution in [3.63, 3.8) is 0 Å². The first-order valence-corrected chi connectivity index (χ1v) is 9.48. The summed E-state index contributed by atoms with van der Waals surface area (Å²) < 4.78 is 1.24. The van der Waals surface area contributed by atoms with Crippen LogP contribution in [0.25, 0.3) is 21.0 Å². The Labute approximate surface area is 149 Å². The van der Waals surface area contributed by atoms with Crippen molar-refractivity contribution in [1.82, 2.24) is 10.3 Å². The van der Waals surface area contributed by atoms with Gasteiger partial charge in [-0.25, -0.2) is 4.98 Å². The topological polar surface area (TPSA) is 74.0 Å². The van der Waals surface area contributed by atoms with Crippen LogP contribution in [0.5, 0.6) is 0 Å². The molecule has 6 nitrogen and oxygen atoms in total. The van der Waals surface area contributed by atoms with Crippen molar-refractivity contribution < 1.29 is 0 Å². The van der Waals surface area contributed by atoms with Gasteiger partial charge in [-0.1, -0.05) is 12.1 Å². The van der Waals surface area contributed by atoms with Crippen LogP contribution in [-0.2, 0) is 0 Å². The van der Waals surface area contributed by atoms with E-state index in [1.807, 2.05) is 0 Å². The van der Waals surface area contributed by atoms with Gasteiger partial charge in [-0.3, -0.25) is 0 Å². The van der Waals surface area contributed by atoms with Crippen molar-refractivity contribution in [1.29, 1.82) is 0 Å². The summed E-state index contributed by atoms with van der Waals surface area (Å²) in [6.07, 6.45) is 2.26. The first-order valence-electron chi connectivity index (χ1n) is 8.60. The first kappa shape index (κ1) is 14.9. The van der Waals surface area contributed by atoms with E-state index in [0.29, 0.717) is 12.6 Å². The van der Waals surface area contributed by atoms with Gasteiger partial charge < -0.3 is 10.6 Å². The number of fused-ring (bicyclic) bond motifs is 3. The number of nitrogens with one attached hydrogen (secondary N) is 2. The minimum Gasteiger partial charge on any atom is -0.366 e. The lowest BCUT2D eigenvalue weighted by Gasteiger charge is -2.24. The van der Waals surface area contributed by atoms with Gasteiger partial charge in [0.1, 0.15) is 12.4 Å². The van der Waals surface area contributed by atoms with Crippen molar-refractivity contribution in [2.45, 2.75) is 18.9 Å². The van der Waals surface area contributed by atoms with Crippen LogP contribution in [-0.4, -0.2) is 36.4 Å². The minimum absolute atomic E-state index is 0.483. The Hall–Kier alpha value is -2.38. The molecule has 3 aromatic rings. The number of hydrogen-bond donors (Lipinski definition) is 2. The second kappa shape index (κ2) is 6.16. The van der Waals surface area contributed by atoms with E-state index >= 15 is 0 Å². The predicted molar refractivity (Wildman–Crippen MR) is 103 cm³/mol. The number of nitrogens with zero attached hydrogens (tertiary/aromatic N) is 4. The van der Waals surface area contributed by atoms with E-state index in [2.05, 4.69) is 55.7 Å². The van der Waals surface area contributed by atoms with Crippen molar-refractivity contribution in [2.24, 2.45) is 15.4 Å². The standard InChI is InChI=1S/C18H18N6S/c1-2-13-14-5-8-25-17(14)18(21-12-3-6-19-7-4-12)22-15(13)9-11(1)16-10-20-24-23-16/h1-2,5,8-9,12,19H,3-4,6-7,10H2,(H,21,22). The van der Waals surface area contributed by atoms with Gasteiger partial charge in [-0.05, 0) is 48.7 Å². The summed E-state index contributed by atoms with van der Waals surface area (Å²) in [5.74, 6) is 1.00. The monoisotopic (exact) mass is 350 g/mol. The Kier molecular flexibility index (Phi) is 3.68. The molecule has 0 unspecified atom stereocenters. The van der Waals surface area contributed by atoms with Crippen molar-refractivity contribution in [2.75, 3.05) is 25.0 Å². The second-order valence-electron chi connectivity index (χ2n) is 6.46. The predicted octanol–water partition coefficient (Wildman–Crippen LogP) is 3.78. The number of rotatable bonds is 3. The van der Waals surface area contributed by atoms with E-state index < -0.39 is 0 Å². The second-order valence-corrected chi connectivity index (χ2v) is 7.38. The number of piperidine rings is 1. The minimum atomic E-state index is 0.483. The molecule has 0 radical (unpaired) electrons. The van der Waals surface area contributed by atoms with Gasteiger partial charge in [0.25, 0.3) is 0 Å². The molecule has 25 heavy (non-hydrogen) atoms. The van der Waals surface area contributed by atoms with Crippen LogP contribution in [0.1, 0.15) is 18.4 Å². The zero-order valence-electron chi connectivity index (χ0n) is 13.7. The maximum absolute atomic E-state index is 4.96. The summed E-state index contributed by atoms with van der Waals surface area (Å²) in [6, 6.07) is 9.01. The molecule has 0 spiro atoms. The average Bonchev–Trinajstić information content (AvgIpc) is 3.34. The van der Waals surface area contributed by atoms with Gasteiger partial charge in [0.2, 0.25) is 0 Å². The zero-order chi connectivity index (χ0) is 16.6. The van der Waals surface area contributed by atoms with Gasteiger partial charge in [0, 0.05) is 22.4 Å². The number of aromatic nitrogens is 1. The van der Waals surface area contributed by atoms with Crippen molar-refractivity contribution >= 4 is 43.9 Å². The highest BCUT2D eigenvalue weighted by Gasteiger charge is 2.17. The number of thiophene rings is 1.